The minimum Gasteiger partial charge on any atom is -0.375 e. The molecule has 128 valence electrons. The number of anilines is 1. The van der Waals surface area contributed by atoms with Crippen molar-refractivity contribution < 1.29 is 9.26 Å². The number of morpholine rings is 1. The minimum absolute atomic E-state index is 0.0200. The van der Waals surface area contributed by atoms with E-state index in [1.54, 1.807) is 0 Å². The van der Waals surface area contributed by atoms with Crippen molar-refractivity contribution >= 4 is 5.82 Å². The van der Waals surface area contributed by atoms with E-state index in [4.69, 9.17) is 9.26 Å². The summed E-state index contributed by atoms with van der Waals surface area (Å²) in [6.45, 7) is 5.68. The number of nitrogens with zero attached hydrogens (tertiary/aromatic N) is 4. The summed E-state index contributed by atoms with van der Waals surface area (Å²) in [5.41, 5.74) is 0.871. The highest BCUT2D eigenvalue weighted by molar-refractivity contribution is 5.56. The maximum absolute atomic E-state index is 5.63. The topological polar surface area (TPSA) is 76.3 Å². The zero-order chi connectivity index (χ0) is 16.4. The van der Waals surface area contributed by atoms with Crippen molar-refractivity contribution in [2.75, 3.05) is 31.1 Å². The third-order valence-corrected chi connectivity index (χ3v) is 4.71. The smallest absolute Gasteiger partial charge is 0.246 e. The van der Waals surface area contributed by atoms with E-state index in [0.29, 0.717) is 18.3 Å². The number of nitrogens with one attached hydrogen (secondary N) is 1. The van der Waals surface area contributed by atoms with Crippen LogP contribution in [0.5, 0.6) is 0 Å². The molecule has 0 bridgehead atoms. The van der Waals surface area contributed by atoms with Gasteiger partial charge < -0.3 is 19.5 Å². The zero-order valence-electron chi connectivity index (χ0n) is 13.9. The van der Waals surface area contributed by atoms with Gasteiger partial charge in [0.2, 0.25) is 11.7 Å². The van der Waals surface area contributed by atoms with E-state index >= 15 is 0 Å². The van der Waals surface area contributed by atoms with Crippen LogP contribution >= 0.6 is 0 Å². The third-order valence-electron chi connectivity index (χ3n) is 4.71. The summed E-state index contributed by atoms with van der Waals surface area (Å²) in [5, 5.41) is 7.46. The average Bonchev–Trinajstić information content (AvgIpc) is 3.13. The fourth-order valence-corrected chi connectivity index (χ4v) is 3.32. The molecule has 0 radical (unpaired) electrons. The van der Waals surface area contributed by atoms with Gasteiger partial charge in [0.15, 0.2) is 0 Å². The summed E-state index contributed by atoms with van der Waals surface area (Å²) < 4.78 is 11.1. The van der Waals surface area contributed by atoms with Gasteiger partial charge in [0.1, 0.15) is 11.9 Å². The SMILES string of the molecule is C[C@H]1OCCN[C@@H]1c1nc(-c2ccc(N3CCCCC3)nc2)no1. The Labute approximate surface area is 141 Å². The van der Waals surface area contributed by atoms with E-state index in [1.807, 2.05) is 25.3 Å². The van der Waals surface area contributed by atoms with Gasteiger partial charge >= 0.3 is 0 Å². The molecular weight excluding hydrogens is 306 g/mol. The Morgan fingerprint density at radius 3 is 2.83 bits per heavy atom. The van der Waals surface area contributed by atoms with Gasteiger partial charge in [-0.25, -0.2) is 4.98 Å². The molecule has 0 aliphatic carbocycles. The van der Waals surface area contributed by atoms with E-state index in [0.717, 1.165) is 31.0 Å². The maximum Gasteiger partial charge on any atom is 0.246 e. The summed E-state index contributed by atoms with van der Waals surface area (Å²) in [5.74, 6) is 2.16. The van der Waals surface area contributed by atoms with Crippen LogP contribution in [0, 0.1) is 0 Å². The predicted molar refractivity (Wildman–Crippen MR) is 89.8 cm³/mol. The van der Waals surface area contributed by atoms with Crippen molar-refractivity contribution in [1.29, 1.82) is 0 Å². The Bertz CT molecular complexity index is 666. The lowest BCUT2D eigenvalue weighted by Gasteiger charge is -2.27. The highest BCUT2D eigenvalue weighted by Gasteiger charge is 2.28. The van der Waals surface area contributed by atoms with Crippen LogP contribution in [0.2, 0.25) is 0 Å². The lowest BCUT2D eigenvalue weighted by atomic mass is 10.1. The molecule has 7 nitrogen and oxygen atoms in total. The summed E-state index contributed by atoms with van der Waals surface area (Å²) in [4.78, 5) is 11.4. The van der Waals surface area contributed by atoms with Crippen LogP contribution in [0.25, 0.3) is 11.4 Å². The first-order chi connectivity index (χ1) is 11.8. The van der Waals surface area contributed by atoms with Crippen LogP contribution in [0.15, 0.2) is 22.9 Å². The van der Waals surface area contributed by atoms with Crippen LogP contribution in [0.4, 0.5) is 5.82 Å². The van der Waals surface area contributed by atoms with E-state index < -0.39 is 0 Å². The molecule has 0 amide bonds. The number of hydrogen-bond donors (Lipinski definition) is 1. The van der Waals surface area contributed by atoms with Crippen LogP contribution in [0.3, 0.4) is 0 Å². The third kappa shape index (κ3) is 3.14. The van der Waals surface area contributed by atoms with Crippen molar-refractivity contribution in [3.63, 3.8) is 0 Å². The van der Waals surface area contributed by atoms with Gasteiger partial charge in [-0.15, -0.1) is 0 Å². The summed E-state index contributed by atoms with van der Waals surface area (Å²) in [6.07, 6.45) is 5.65. The number of pyridine rings is 1. The van der Waals surface area contributed by atoms with E-state index in [2.05, 4.69) is 25.3 Å². The molecule has 7 heteroatoms. The van der Waals surface area contributed by atoms with E-state index in [1.165, 1.54) is 19.3 Å². The summed E-state index contributed by atoms with van der Waals surface area (Å²) in [6, 6.07) is 4.00. The maximum atomic E-state index is 5.63. The quantitative estimate of drug-likeness (QED) is 0.924. The first kappa shape index (κ1) is 15.5. The lowest BCUT2D eigenvalue weighted by Crippen LogP contribution is -2.40. The Balaban J connectivity index is 1.49. The molecule has 2 atom stereocenters. The fraction of sp³-hybridized carbons (Fsp3) is 0.588. The van der Waals surface area contributed by atoms with E-state index in [-0.39, 0.29) is 12.1 Å². The van der Waals surface area contributed by atoms with Crippen LogP contribution in [-0.4, -0.2) is 47.5 Å². The van der Waals surface area contributed by atoms with Crippen molar-refractivity contribution in [3.8, 4) is 11.4 Å². The first-order valence-corrected chi connectivity index (χ1v) is 8.71. The molecule has 2 saturated heterocycles. The Morgan fingerprint density at radius 2 is 2.08 bits per heavy atom. The number of piperidine rings is 1. The van der Waals surface area contributed by atoms with Gasteiger partial charge in [0, 0.05) is 31.4 Å². The molecule has 24 heavy (non-hydrogen) atoms. The van der Waals surface area contributed by atoms with Crippen molar-refractivity contribution in [2.45, 2.75) is 38.3 Å². The van der Waals surface area contributed by atoms with Crippen molar-refractivity contribution in [3.05, 3.63) is 24.2 Å². The number of hydrogen-bond acceptors (Lipinski definition) is 7. The highest BCUT2D eigenvalue weighted by Crippen LogP contribution is 2.24. The molecule has 0 saturated carbocycles. The second-order valence-corrected chi connectivity index (χ2v) is 6.42. The average molecular weight is 329 g/mol. The molecule has 1 N–H and O–H groups in total. The van der Waals surface area contributed by atoms with Crippen molar-refractivity contribution in [2.24, 2.45) is 0 Å². The summed E-state index contributed by atoms with van der Waals surface area (Å²) in [7, 11) is 0. The van der Waals surface area contributed by atoms with Crippen LogP contribution in [-0.2, 0) is 4.74 Å². The van der Waals surface area contributed by atoms with Crippen molar-refractivity contribution in [1.82, 2.24) is 20.4 Å². The molecule has 2 fully saturated rings. The molecule has 0 aromatic carbocycles. The summed E-state index contributed by atoms with van der Waals surface area (Å²) >= 11 is 0. The molecule has 4 rings (SSSR count). The second-order valence-electron chi connectivity index (χ2n) is 6.42. The molecule has 2 aromatic rings. The zero-order valence-corrected chi connectivity index (χ0v) is 13.9. The minimum atomic E-state index is -0.0550. The monoisotopic (exact) mass is 329 g/mol. The van der Waals surface area contributed by atoms with Gasteiger partial charge in [-0.2, -0.15) is 4.98 Å². The van der Waals surface area contributed by atoms with Crippen LogP contribution < -0.4 is 10.2 Å². The standard InChI is InChI=1S/C17H23N5O2/c1-12-15(18-7-10-23-12)17-20-16(21-24-17)13-5-6-14(19-11-13)22-8-3-2-4-9-22/h5-6,11-12,15,18H,2-4,7-10H2,1H3/t12-,15+/m1/s1. The normalized spacial score (nSPS) is 25.0. The molecular formula is C17H23N5O2. The van der Waals surface area contributed by atoms with Crippen LogP contribution in [0.1, 0.15) is 38.1 Å². The molecule has 0 unspecified atom stereocenters. The highest BCUT2D eigenvalue weighted by atomic mass is 16.5. The molecule has 0 spiro atoms. The van der Waals surface area contributed by atoms with Gasteiger partial charge in [0.05, 0.1) is 12.7 Å². The second kappa shape index (κ2) is 6.86. The first-order valence-electron chi connectivity index (χ1n) is 8.71. The Hall–Kier alpha value is -1.99. The Kier molecular flexibility index (Phi) is 4.44. The van der Waals surface area contributed by atoms with Gasteiger partial charge in [0.25, 0.3) is 0 Å². The molecule has 2 aliphatic heterocycles. The molecule has 2 aliphatic rings. The molecule has 4 heterocycles. The predicted octanol–water partition coefficient (Wildman–Crippen LogP) is 2.17. The largest absolute Gasteiger partial charge is 0.375 e. The number of ether oxygens (including phenoxy) is 1. The Morgan fingerprint density at radius 1 is 1.21 bits per heavy atom. The molecule has 2 aromatic heterocycles. The van der Waals surface area contributed by atoms with Gasteiger partial charge in [-0.3, -0.25) is 0 Å². The lowest BCUT2D eigenvalue weighted by molar-refractivity contribution is -0.00136. The van der Waals surface area contributed by atoms with E-state index in [9.17, 15) is 0 Å². The van der Waals surface area contributed by atoms with Gasteiger partial charge in [-0.1, -0.05) is 5.16 Å². The number of rotatable bonds is 3. The number of aromatic nitrogens is 3. The fourth-order valence-electron chi connectivity index (χ4n) is 3.32. The van der Waals surface area contributed by atoms with Gasteiger partial charge in [-0.05, 0) is 38.3 Å².